The smallest absolute Gasteiger partial charge is 0.267 e. The van der Waals surface area contributed by atoms with Crippen LogP contribution in [0.4, 0.5) is 0 Å². The highest BCUT2D eigenvalue weighted by molar-refractivity contribution is 7.21. The van der Waals surface area contributed by atoms with Gasteiger partial charge in [-0.25, -0.2) is 0 Å². The third kappa shape index (κ3) is 2.12. The summed E-state index contributed by atoms with van der Waals surface area (Å²) in [5.74, 6) is 0.377. The number of rotatable bonds is 4. The Hall–Kier alpha value is -0.745. The normalized spacial score (nSPS) is 9.92. The van der Waals surface area contributed by atoms with E-state index >= 15 is 0 Å². The molecule has 0 aliphatic carbocycles. The van der Waals surface area contributed by atoms with Crippen LogP contribution in [-0.2, 0) is 4.74 Å². The van der Waals surface area contributed by atoms with Crippen LogP contribution in [0.2, 0.25) is 0 Å². The van der Waals surface area contributed by atoms with E-state index in [4.69, 9.17) is 22.1 Å². The van der Waals surface area contributed by atoms with Crippen LogP contribution >= 0.6 is 11.3 Å². The van der Waals surface area contributed by atoms with Crippen molar-refractivity contribution in [1.29, 1.82) is 0 Å². The molecule has 0 saturated heterocycles. The molecule has 4 nitrogen and oxygen atoms in total. The van der Waals surface area contributed by atoms with Gasteiger partial charge >= 0.3 is 0 Å². The lowest BCUT2D eigenvalue weighted by molar-refractivity contribution is 0.0465. The van der Waals surface area contributed by atoms with Crippen molar-refractivity contribution in [3.05, 3.63) is 0 Å². The Morgan fingerprint density at radius 3 is 2.83 bits per heavy atom. The molecule has 0 amide bonds. The number of hydrogen-bond donors (Lipinski definition) is 0. The van der Waals surface area contributed by atoms with Gasteiger partial charge in [-0.1, -0.05) is 0 Å². The molecule has 1 aromatic rings. The predicted octanol–water partition coefficient (Wildman–Crippen LogP) is -0.0718. The molecule has 1 heterocycles. The minimum absolute atomic E-state index is 0.138. The summed E-state index contributed by atoms with van der Waals surface area (Å²) in [5.41, 5.74) is 0. The summed E-state index contributed by atoms with van der Waals surface area (Å²) in [4.78, 5) is 4.30. The SMILES string of the molecule is [B-]c1nc(OCOC)c(OC)s1. The Labute approximate surface area is 75.9 Å². The van der Waals surface area contributed by atoms with Crippen LogP contribution < -0.4 is 14.4 Å². The summed E-state index contributed by atoms with van der Waals surface area (Å²) in [6, 6.07) is 0. The lowest BCUT2D eigenvalue weighted by Gasteiger charge is -2.02. The molecule has 1 aromatic heterocycles. The predicted molar refractivity (Wildman–Crippen MR) is 46.6 cm³/mol. The fourth-order valence-electron chi connectivity index (χ4n) is 0.642. The van der Waals surface area contributed by atoms with Crippen LogP contribution in [0.1, 0.15) is 0 Å². The molecule has 0 saturated carbocycles. The second kappa shape index (κ2) is 4.32. The summed E-state index contributed by atoms with van der Waals surface area (Å²) in [6.45, 7) is 0.138. The van der Waals surface area contributed by atoms with Crippen molar-refractivity contribution in [3.63, 3.8) is 0 Å². The van der Waals surface area contributed by atoms with E-state index in [-0.39, 0.29) is 6.79 Å². The molecule has 0 aliphatic rings. The fraction of sp³-hybridized carbons (Fsp3) is 0.500. The minimum atomic E-state index is 0.138. The number of nitrogens with zero attached hydrogens (tertiary/aromatic N) is 1. The highest BCUT2D eigenvalue weighted by atomic mass is 32.1. The highest BCUT2D eigenvalue weighted by Crippen LogP contribution is 2.27. The Morgan fingerprint density at radius 2 is 2.25 bits per heavy atom. The highest BCUT2D eigenvalue weighted by Gasteiger charge is 2.05. The molecule has 0 fully saturated rings. The van der Waals surface area contributed by atoms with Gasteiger partial charge in [0.1, 0.15) is 0 Å². The van der Waals surface area contributed by atoms with Gasteiger partial charge in [0.15, 0.2) is 6.79 Å². The standard InChI is InChI=1S/C6H8BNO3S/c1-9-3-11-4-5(10-2)12-6(7)8-4/h3H2,1-2H3/q-1. The molecular formula is C6H8BNO3S-. The molecule has 12 heavy (non-hydrogen) atoms. The maximum absolute atomic E-state index is 5.43. The first-order valence-corrected chi connectivity index (χ1v) is 4.01. The molecule has 0 N–H and O–H groups in total. The topological polar surface area (TPSA) is 40.6 Å². The average molecular weight is 185 g/mol. The van der Waals surface area contributed by atoms with Crippen LogP contribution in [0.5, 0.6) is 10.9 Å². The van der Waals surface area contributed by atoms with Crippen molar-refractivity contribution in [2.45, 2.75) is 0 Å². The lowest BCUT2D eigenvalue weighted by atomic mass is 10.2. The van der Waals surface area contributed by atoms with Crippen molar-refractivity contribution in [2.24, 2.45) is 0 Å². The average Bonchev–Trinajstić information content (AvgIpc) is 2.42. The molecule has 0 bridgehead atoms. The summed E-state index contributed by atoms with van der Waals surface area (Å²) in [6.07, 6.45) is 0. The Morgan fingerprint density at radius 1 is 1.50 bits per heavy atom. The zero-order chi connectivity index (χ0) is 8.97. The van der Waals surface area contributed by atoms with E-state index in [1.54, 1.807) is 0 Å². The van der Waals surface area contributed by atoms with E-state index in [0.717, 1.165) is 0 Å². The number of thiazole rings is 1. The Balaban J connectivity index is 2.68. The molecule has 0 atom stereocenters. The number of ether oxygens (including phenoxy) is 3. The molecule has 1 rings (SSSR count). The third-order valence-corrected chi connectivity index (χ3v) is 1.91. The first kappa shape index (κ1) is 9.34. The summed E-state index contributed by atoms with van der Waals surface area (Å²) in [5, 5.41) is 0.560. The van der Waals surface area contributed by atoms with Gasteiger partial charge in [0.25, 0.3) is 5.88 Å². The molecule has 0 spiro atoms. The van der Waals surface area contributed by atoms with Gasteiger partial charge < -0.3 is 22.1 Å². The maximum Gasteiger partial charge on any atom is 0.267 e. The van der Waals surface area contributed by atoms with Gasteiger partial charge in [-0.05, 0) is 0 Å². The fourth-order valence-corrected chi connectivity index (χ4v) is 1.24. The monoisotopic (exact) mass is 185 g/mol. The molecule has 3 radical (unpaired) electrons. The molecular weight excluding hydrogens is 177 g/mol. The molecule has 0 aromatic carbocycles. The van der Waals surface area contributed by atoms with Crippen molar-refractivity contribution in [3.8, 4) is 10.9 Å². The summed E-state index contributed by atoms with van der Waals surface area (Å²) in [7, 11) is 8.50. The first-order valence-electron chi connectivity index (χ1n) is 3.20. The molecule has 65 valence electrons. The first-order chi connectivity index (χ1) is 5.77. The minimum Gasteiger partial charge on any atom is -0.538 e. The molecule has 0 unspecified atom stereocenters. The number of hydrogen-bond acceptors (Lipinski definition) is 5. The summed E-state index contributed by atoms with van der Waals surface area (Å²) >= 11 is 1.23. The van der Waals surface area contributed by atoms with E-state index in [2.05, 4.69) is 4.98 Å². The zero-order valence-electron chi connectivity index (χ0n) is 6.86. The molecule has 6 heteroatoms. The van der Waals surface area contributed by atoms with Crippen molar-refractivity contribution in [2.75, 3.05) is 21.0 Å². The van der Waals surface area contributed by atoms with Gasteiger partial charge in [-0.15, -0.1) is 11.3 Å². The van der Waals surface area contributed by atoms with E-state index in [1.165, 1.54) is 25.6 Å². The van der Waals surface area contributed by atoms with Gasteiger partial charge in [-0.3, -0.25) is 4.98 Å². The largest absolute Gasteiger partial charge is 0.538 e. The quantitative estimate of drug-likeness (QED) is 0.486. The van der Waals surface area contributed by atoms with Crippen molar-refractivity contribution in [1.82, 2.24) is 4.98 Å². The number of methoxy groups -OCH3 is 2. The van der Waals surface area contributed by atoms with Gasteiger partial charge in [0.2, 0.25) is 5.06 Å². The van der Waals surface area contributed by atoms with Crippen molar-refractivity contribution < 1.29 is 14.2 Å². The van der Waals surface area contributed by atoms with Crippen LogP contribution in [-0.4, -0.2) is 33.8 Å². The Kier molecular flexibility index (Phi) is 3.37. The maximum atomic E-state index is 5.43. The van der Waals surface area contributed by atoms with E-state index < -0.39 is 0 Å². The third-order valence-electron chi connectivity index (χ3n) is 1.08. The zero-order valence-corrected chi connectivity index (χ0v) is 7.68. The van der Waals surface area contributed by atoms with Gasteiger partial charge in [0.05, 0.1) is 7.11 Å². The lowest BCUT2D eigenvalue weighted by Crippen LogP contribution is -2.03. The Bertz CT molecular complexity index is 253. The number of aromatic nitrogens is 1. The van der Waals surface area contributed by atoms with Crippen LogP contribution in [0.3, 0.4) is 0 Å². The summed E-state index contributed by atoms with van der Waals surface area (Å²) < 4.78 is 14.7. The molecule has 0 aliphatic heterocycles. The van der Waals surface area contributed by atoms with Crippen LogP contribution in [0, 0.1) is 0 Å². The van der Waals surface area contributed by atoms with E-state index in [9.17, 15) is 0 Å². The van der Waals surface area contributed by atoms with Crippen LogP contribution in [0.15, 0.2) is 0 Å². The van der Waals surface area contributed by atoms with Gasteiger partial charge in [0, 0.05) is 7.11 Å². The second-order valence-corrected chi connectivity index (χ2v) is 2.89. The van der Waals surface area contributed by atoms with Crippen LogP contribution in [0.25, 0.3) is 0 Å². The second-order valence-electron chi connectivity index (χ2n) is 1.90. The van der Waals surface area contributed by atoms with E-state index in [1.807, 2.05) is 0 Å². The van der Waals surface area contributed by atoms with Crippen molar-refractivity contribution >= 4 is 24.1 Å². The van der Waals surface area contributed by atoms with Gasteiger partial charge in [-0.2, -0.15) is 4.91 Å². The van der Waals surface area contributed by atoms with E-state index in [0.29, 0.717) is 15.9 Å².